The molecule has 0 aromatic carbocycles. The lowest BCUT2D eigenvalue weighted by molar-refractivity contribution is 0.312. The van der Waals surface area contributed by atoms with Crippen molar-refractivity contribution in [2.45, 2.75) is 6.92 Å². The SMILES string of the molecule is CCOc1nc(Cl)nc(NCCCl)n1. The smallest absolute Gasteiger partial charge is 0.322 e. The molecule has 0 spiro atoms. The minimum atomic E-state index is 0.0977. The highest BCUT2D eigenvalue weighted by Crippen LogP contribution is 2.10. The van der Waals surface area contributed by atoms with Crippen LogP contribution in [0.3, 0.4) is 0 Å². The maximum atomic E-state index is 5.65. The predicted molar refractivity (Wildman–Crippen MR) is 55.2 cm³/mol. The zero-order valence-electron chi connectivity index (χ0n) is 7.63. The van der Waals surface area contributed by atoms with Crippen LogP contribution < -0.4 is 10.1 Å². The van der Waals surface area contributed by atoms with Crippen molar-refractivity contribution >= 4 is 29.2 Å². The van der Waals surface area contributed by atoms with E-state index in [9.17, 15) is 0 Å². The molecule has 0 aliphatic rings. The molecule has 1 rings (SSSR count). The number of nitrogens with one attached hydrogen (secondary N) is 1. The number of aromatic nitrogens is 3. The molecule has 0 atom stereocenters. The third kappa shape index (κ3) is 3.51. The van der Waals surface area contributed by atoms with Crippen molar-refractivity contribution in [3.05, 3.63) is 5.28 Å². The van der Waals surface area contributed by atoms with Crippen LogP contribution in [0.4, 0.5) is 5.95 Å². The molecule has 0 fully saturated rings. The molecule has 1 aromatic rings. The Kier molecular flexibility index (Phi) is 4.69. The Morgan fingerprint density at radius 1 is 1.36 bits per heavy atom. The van der Waals surface area contributed by atoms with E-state index in [0.29, 0.717) is 25.0 Å². The van der Waals surface area contributed by atoms with Crippen LogP contribution in [-0.2, 0) is 0 Å². The van der Waals surface area contributed by atoms with Gasteiger partial charge in [0.2, 0.25) is 11.2 Å². The fourth-order valence-corrected chi connectivity index (χ4v) is 1.01. The number of rotatable bonds is 5. The number of nitrogens with zero attached hydrogens (tertiary/aromatic N) is 3. The minimum absolute atomic E-state index is 0.0977. The highest BCUT2D eigenvalue weighted by atomic mass is 35.5. The monoisotopic (exact) mass is 236 g/mol. The molecular formula is C7H10Cl2N4O. The summed E-state index contributed by atoms with van der Waals surface area (Å²) >= 11 is 11.1. The van der Waals surface area contributed by atoms with E-state index in [-0.39, 0.29) is 11.3 Å². The van der Waals surface area contributed by atoms with E-state index >= 15 is 0 Å². The normalized spacial score (nSPS) is 9.93. The highest BCUT2D eigenvalue weighted by Gasteiger charge is 2.04. The molecule has 7 heteroatoms. The molecule has 0 saturated heterocycles. The zero-order valence-corrected chi connectivity index (χ0v) is 9.14. The summed E-state index contributed by atoms with van der Waals surface area (Å²) in [6.45, 7) is 2.88. The van der Waals surface area contributed by atoms with E-state index in [1.54, 1.807) is 0 Å². The van der Waals surface area contributed by atoms with Gasteiger partial charge in [-0.05, 0) is 18.5 Å². The van der Waals surface area contributed by atoms with Gasteiger partial charge in [-0.25, -0.2) is 0 Å². The van der Waals surface area contributed by atoms with Crippen LogP contribution in [0.1, 0.15) is 6.92 Å². The number of hydrogen-bond donors (Lipinski definition) is 1. The van der Waals surface area contributed by atoms with Crippen LogP contribution in [0.2, 0.25) is 5.28 Å². The lowest BCUT2D eigenvalue weighted by Gasteiger charge is -2.04. The largest absolute Gasteiger partial charge is 0.464 e. The Balaban J connectivity index is 2.73. The van der Waals surface area contributed by atoms with Gasteiger partial charge in [-0.15, -0.1) is 11.6 Å². The first-order chi connectivity index (χ1) is 6.76. The summed E-state index contributed by atoms with van der Waals surface area (Å²) in [6, 6.07) is 0.213. The van der Waals surface area contributed by atoms with Gasteiger partial charge in [0.25, 0.3) is 0 Å². The fraction of sp³-hybridized carbons (Fsp3) is 0.571. The molecule has 14 heavy (non-hydrogen) atoms. The topological polar surface area (TPSA) is 59.9 Å². The van der Waals surface area contributed by atoms with Gasteiger partial charge in [0, 0.05) is 12.4 Å². The minimum Gasteiger partial charge on any atom is -0.464 e. The first-order valence-electron chi connectivity index (χ1n) is 4.10. The number of halogens is 2. The van der Waals surface area contributed by atoms with E-state index in [4.69, 9.17) is 27.9 Å². The Morgan fingerprint density at radius 3 is 2.79 bits per heavy atom. The third-order valence-corrected chi connectivity index (χ3v) is 1.60. The molecule has 0 amide bonds. The Hall–Kier alpha value is -0.810. The molecule has 5 nitrogen and oxygen atoms in total. The number of hydrogen-bond acceptors (Lipinski definition) is 5. The maximum Gasteiger partial charge on any atom is 0.322 e. The van der Waals surface area contributed by atoms with Crippen molar-refractivity contribution in [1.29, 1.82) is 0 Å². The second kappa shape index (κ2) is 5.82. The summed E-state index contributed by atoms with van der Waals surface area (Å²) in [7, 11) is 0. The summed E-state index contributed by atoms with van der Waals surface area (Å²) in [5, 5.41) is 2.97. The lowest BCUT2D eigenvalue weighted by Crippen LogP contribution is -2.08. The van der Waals surface area contributed by atoms with E-state index in [1.807, 2.05) is 6.92 Å². The average Bonchev–Trinajstić information content (AvgIpc) is 2.14. The second-order valence-corrected chi connectivity index (χ2v) is 2.98. The first-order valence-corrected chi connectivity index (χ1v) is 5.01. The highest BCUT2D eigenvalue weighted by molar-refractivity contribution is 6.28. The predicted octanol–water partition coefficient (Wildman–Crippen LogP) is 1.57. The Morgan fingerprint density at radius 2 is 2.14 bits per heavy atom. The summed E-state index contributed by atoms with van der Waals surface area (Å²) in [5.41, 5.74) is 0. The van der Waals surface area contributed by atoms with E-state index < -0.39 is 0 Å². The van der Waals surface area contributed by atoms with Crippen molar-refractivity contribution in [2.75, 3.05) is 24.3 Å². The van der Waals surface area contributed by atoms with Crippen LogP contribution in [0.5, 0.6) is 6.01 Å². The average molecular weight is 237 g/mol. The van der Waals surface area contributed by atoms with Crippen LogP contribution in [0, 0.1) is 0 Å². The van der Waals surface area contributed by atoms with Gasteiger partial charge in [0.05, 0.1) is 6.61 Å². The van der Waals surface area contributed by atoms with E-state index in [2.05, 4.69) is 20.3 Å². The number of ether oxygens (including phenoxy) is 1. The molecule has 0 unspecified atom stereocenters. The third-order valence-electron chi connectivity index (χ3n) is 1.24. The number of alkyl halides is 1. The van der Waals surface area contributed by atoms with Gasteiger partial charge in [0.1, 0.15) is 0 Å². The summed E-state index contributed by atoms with van der Waals surface area (Å²) in [4.78, 5) is 11.6. The van der Waals surface area contributed by atoms with Crippen molar-refractivity contribution in [3.8, 4) is 6.01 Å². The van der Waals surface area contributed by atoms with Gasteiger partial charge >= 0.3 is 6.01 Å². The van der Waals surface area contributed by atoms with Crippen LogP contribution >= 0.6 is 23.2 Å². The molecule has 78 valence electrons. The molecule has 0 saturated carbocycles. The Bertz CT molecular complexity index is 297. The van der Waals surface area contributed by atoms with Crippen molar-refractivity contribution in [2.24, 2.45) is 0 Å². The zero-order chi connectivity index (χ0) is 10.4. The summed E-state index contributed by atoms with van der Waals surface area (Å²) in [5.74, 6) is 0.835. The first kappa shape index (κ1) is 11.3. The van der Waals surface area contributed by atoms with Gasteiger partial charge in [-0.2, -0.15) is 15.0 Å². The second-order valence-electron chi connectivity index (χ2n) is 2.26. The molecular weight excluding hydrogens is 227 g/mol. The molecule has 1 aromatic heterocycles. The standard InChI is InChI=1S/C7H10Cl2N4O/c1-2-14-7-12-5(9)11-6(13-7)10-4-3-8/h2-4H2,1H3,(H,10,11,12,13). The molecule has 0 radical (unpaired) electrons. The number of anilines is 1. The van der Waals surface area contributed by atoms with Gasteiger partial charge in [-0.3, -0.25) is 0 Å². The quantitative estimate of drug-likeness (QED) is 0.787. The molecule has 1 heterocycles. The summed E-state index contributed by atoms with van der Waals surface area (Å²) in [6.07, 6.45) is 0. The Labute approximate surface area is 91.8 Å². The van der Waals surface area contributed by atoms with Gasteiger partial charge in [0.15, 0.2) is 0 Å². The van der Waals surface area contributed by atoms with Crippen molar-refractivity contribution in [1.82, 2.24) is 15.0 Å². The van der Waals surface area contributed by atoms with Crippen LogP contribution in [0.25, 0.3) is 0 Å². The molecule has 0 aliphatic heterocycles. The van der Waals surface area contributed by atoms with Gasteiger partial charge in [-0.1, -0.05) is 0 Å². The van der Waals surface area contributed by atoms with Crippen LogP contribution in [0.15, 0.2) is 0 Å². The summed E-state index contributed by atoms with van der Waals surface area (Å²) < 4.78 is 5.09. The van der Waals surface area contributed by atoms with Gasteiger partial charge < -0.3 is 10.1 Å². The van der Waals surface area contributed by atoms with E-state index in [1.165, 1.54) is 0 Å². The molecule has 0 bridgehead atoms. The van der Waals surface area contributed by atoms with Crippen molar-refractivity contribution < 1.29 is 4.74 Å². The maximum absolute atomic E-state index is 5.65. The van der Waals surface area contributed by atoms with Crippen molar-refractivity contribution in [3.63, 3.8) is 0 Å². The van der Waals surface area contributed by atoms with Crippen LogP contribution in [-0.4, -0.2) is 34.0 Å². The molecule has 1 N–H and O–H groups in total. The fourth-order valence-electron chi connectivity index (χ4n) is 0.764. The lowest BCUT2D eigenvalue weighted by atomic mass is 10.7. The van der Waals surface area contributed by atoms with E-state index in [0.717, 1.165) is 0 Å². The molecule has 0 aliphatic carbocycles.